The lowest BCUT2D eigenvalue weighted by molar-refractivity contribution is 0.208. The van der Waals surface area contributed by atoms with E-state index in [0.717, 1.165) is 18.8 Å². The Bertz CT molecular complexity index is 803. The standard InChI is InChI=1S/C27H36O2/c1-4-6-20(5-2)19-27(3,24-13-17-26(29)18-14-24)23-11-7-21(8-12-23)22-9-15-25(28)16-10-22/h7,9-10,13-18,20,23,28-29H,4-6,8,11-12,19H2,1-3H3. The molecule has 0 radical (unpaired) electrons. The molecular weight excluding hydrogens is 356 g/mol. The molecule has 2 N–H and O–H groups in total. The zero-order chi connectivity index (χ0) is 20.9. The Kier molecular flexibility index (Phi) is 7.05. The van der Waals surface area contributed by atoms with Crippen LogP contribution in [0.25, 0.3) is 5.57 Å². The molecule has 2 nitrogen and oxygen atoms in total. The average Bonchev–Trinajstić information content (AvgIpc) is 2.74. The monoisotopic (exact) mass is 392 g/mol. The number of benzene rings is 2. The molecule has 0 saturated carbocycles. The van der Waals surface area contributed by atoms with Gasteiger partial charge in [0.25, 0.3) is 0 Å². The van der Waals surface area contributed by atoms with E-state index in [2.05, 4.69) is 39.0 Å². The van der Waals surface area contributed by atoms with Crippen LogP contribution < -0.4 is 0 Å². The molecule has 1 aliphatic rings. The van der Waals surface area contributed by atoms with Crippen molar-refractivity contribution in [2.45, 2.75) is 71.1 Å². The molecule has 0 fully saturated rings. The van der Waals surface area contributed by atoms with Gasteiger partial charge in [-0.25, -0.2) is 0 Å². The van der Waals surface area contributed by atoms with E-state index >= 15 is 0 Å². The second-order valence-electron chi connectivity index (χ2n) is 8.98. The molecule has 0 spiro atoms. The summed E-state index contributed by atoms with van der Waals surface area (Å²) in [5, 5.41) is 19.4. The van der Waals surface area contributed by atoms with E-state index < -0.39 is 0 Å². The van der Waals surface area contributed by atoms with Crippen molar-refractivity contribution in [3.8, 4) is 11.5 Å². The van der Waals surface area contributed by atoms with Gasteiger partial charge in [-0.1, -0.05) is 70.4 Å². The summed E-state index contributed by atoms with van der Waals surface area (Å²) in [6, 6.07) is 15.5. The van der Waals surface area contributed by atoms with Crippen LogP contribution in [0.5, 0.6) is 11.5 Å². The highest BCUT2D eigenvalue weighted by Gasteiger charge is 2.38. The minimum atomic E-state index is 0.112. The Balaban J connectivity index is 1.86. The highest BCUT2D eigenvalue weighted by Crippen LogP contribution is 2.47. The third kappa shape index (κ3) is 5.04. The fourth-order valence-electron chi connectivity index (χ4n) is 5.17. The average molecular weight is 393 g/mol. The van der Waals surface area contributed by atoms with Crippen LogP contribution in [0, 0.1) is 11.8 Å². The highest BCUT2D eigenvalue weighted by atomic mass is 16.3. The van der Waals surface area contributed by atoms with Gasteiger partial charge in [0, 0.05) is 0 Å². The van der Waals surface area contributed by atoms with E-state index in [1.165, 1.54) is 48.8 Å². The van der Waals surface area contributed by atoms with Crippen molar-refractivity contribution in [2.24, 2.45) is 11.8 Å². The predicted molar refractivity (Wildman–Crippen MR) is 122 cm³/mol. The molecule has 2 aromatic rings. The van der Waals surface area contributed by atoms with Crippen LogP contribution in [0.4, 0.5) is 0 Å². The predicted octanol–water partition coefficient (Wildman–Crippen LogP) is 7.46. The molecule has 3 unspecified atom stereocenters. The van der Waals surface area contributed by atoms with Crippen molar-refractivity contribution in [2.75, 3.05) is 0 Å². The number of hydrogen-bond acceptors (Lipinski definition) is 2. The Morgan fingerprint density at radius 1 is 0.966 bits per heavy atom. The van der Waals surface area contributed by atoms with Gasteiger partial charge in [-0.15, -0.1) is 0 Å². The van der Waals surface area contributed by atoms with Gasteiger partial charge in [-0.2, -0.15) is 0 Å². The normalized spacial score (nSPS) is 20.0. The second kappa shape index (κ2) is 9.52. The molecule has 2 heteroatoms. The molecule has 29 heavy (non-hydrogen) atoms. The molecule has 156 valence electrons. The molecule has 3 rings (SSSR count). The maximum absolute atomic E-state index is 9.80. The molecule has 0 amide bonds. The maximum atomic E-state index is 9.80. The van der Waals surface area contributed by atoms with Gasteiger partial charge in [-0.05, 0) is 83.9 Å². The summed E-state index contributed by atoms with van der Waals surface area (Å²) in [6.45, 7) is 7.05. The van der Waals surface area contributed by atoms with Crippen LogP contribution in [0.3, 0.4) is 0 Å². The van der Waals surface area contributed by atoms with E-state index in [9.17, 15) is 10.2 Å². The summed E-state index contributed by atoms with van der Waals surface area (Å²) in [5.41, 5.74) is 4.09. The summed E-state index contributed by atoms with van der Waals surface area (Å²) in [6.07, 6.45) is 10.7. The first-order valence-corrected chi connectivity index (χ1v) is 11.2. The SMILES string of the molecule is CCCC(CC)CC(C)(c1ccc(O)cc1)C1CC=C(c2ccc(O)cc2)CC1. The zero-order valence-electron chi connectivity index (χ0n) is 18.2. The first-order chi connectivity index (χ1) is 14.0. The van der Waals surface area contributed by atoms with E-state index in [1.54, 1.807) is 12.1 Å². The molecular formula is C27H36O2. The lowest BCUT2D eigenvalue weighted by atomic mass is 9.62. The quantitative estimate of drug-likeness (QED) is 0.489. The zero-order valence-corrected chi connectivity index (χ0v) is 18.2. The van der Waals surface area contributed by atoms with E-state index in [0.29, 0.717) is 17.4 Å². The summed E-state index contributed by atoms with van der Waals surface area (Å²) in [4.78, 5) is 0. The lowest BCUT2D eigenvalue weighted by Gasteiger charge is -2.42. The third-order valence-electron chi connectivity index (χ3n) is 7.06. The van der Waals surface area contributed by atoms with Crippen LogP contribution in [0.15, 0.2) is 54.6 Å². The Hall–Kier alpha value is -2.22. The van der Waals surface area contributed by atoms with Crippen LogP contribution in [0.2, 0.25) is 0 Å². The number of rotatable bonds is 8. The van der Waals surface area contributed by atoms with E-state index in [-0.39, 0.29) is 5.41 Å². The largest absolute Gasteiger partial charge is 0.508 e. The first kappa shape index (κ1) is 21.5. The summed E-state index contributed by atoms with van der Waals surface area (Å²) in [7, 11) is 0. The lowest BCUT2D eigenvalue weighted by Crippen LogP contribution is -2.35. The fourth-order valence-corrected chi connectivity index (χ4v) is 5.17. The van der Waals surface area contributed by atoms with Crippen LogP contribution in [0.1, 0.15) is 76.8 Å². The second-order valence-corrected chi connectivity index (χ2v) is 8.98. The van der Waals surface area contributed by atoms with Crippen LogP contribution >= 0.6 is 0 Å². The van der Waals surface area contributed by atoms with E-state index in [1.807, 2.05) is 24.3 Å². The number of phenols is 2. The third-order valence-corrected chi connectivity index (χ3v) is 7.06. The first-order valence-electron chi connectivity index (χ1n) is 11.2. The molecule has 1 aliphatic carbocycles. The van der Waals surface area contributed by atoms with Crippen molar-refractivity contribution in [1.29, 1.82) is 0 Å². The van der Waals surface area contributed by atoms with E-state index in [4.69, 9.17) is 0 Å². The molecule has 3 atom stereocenters. The van der Waals surface area contributed by atoms with Crippen LogP contribution in [-0.2, 0) is 5.41 Å². The molecule has 2 aromatic carbocycles. The fraction of sp³-hybridized carbons (Fsp3) is 0.481. The Morgan fingerprint density at radius 2 is 1.59 bits per heavy atom. The topological polar surface area (TPSA) is 40.5 Å². The minimum Gasteiger partial charge on any atom is -0.508 e. The smallest absolute Gasteiger partial charge is 0.115 e. The maximum Gasteiger partial charge on any atom is 0.115 e. The number of aromatic hydroxyl groups is 2. The van der Waals surface area contributed by atoms with Gasteiger partial charge < -0.3 is 10.2 Å². The Labute approximate surface area is 176 Å². The van der Waals surface area contributed by atoms with Crippen LogP contribution in [-0.4, -0.2) is 10.2 Å². The molecule has 0 bridgehead atoms. The van der Waals surface area contributed by atoms with Gasteiger partial charge in [0.1, 0.15) is 11.5 Å². The van der Waals surface area contributed by atoms with Crippen molar-refractivity contribution in [1.82, 2.24) is 0 Å². The number of hydrogen-bond donors (Lipinski definition) is 2. The van der Waals surface area contributed by atoms with Gasteiger partial charge in [0.15, 0.2) is 0 Å². The van der Waals surface area contributed by atoms with Crippen molar-refractivity contribution >= 4 is 5.57 Å². The molecule has 0 aromatic heterocycles. The summed E-state index contributed by atoms with van der Waals surface area (Å²) >= 11 is 0. The molecule has 0 heterocycles. The highest BCUT2D eigenvalue weighted by molar-refractivity contribution is 5.66. The van der Waals surface area contributed by atoms with Gasteiger partial charge in [0.2, 0.25) is 0 Å². The number of phenolic OH excluding ortho intramolecular Hbond substituents is 2. The molecule has 0 saturated heterocycles. The van der Waals surface area contributed by atoms with Gasteiger partial charge >= 0.3 is 0 Å². The van der Waals surface area contributed by atoms with Crippen molar-refractivity contribution < 1.29 is 10.2 Å². The van der Waals surface area contributed by atoms with Gasteiger partial charge in [-0.3, -0.25) is 0 Å². The molecule has 0 aliphatic heterocycles. The summed E-state index contributed by atoms with van der Waals surface area (Å²) < 4.78 is 0. The minimum absolute atomic E-state index is 0.112. The van der Waals surface area contributed by atoms with Gasteiger partial charge in [0.05, 0.1) is 0 Å². The Morgan fingerprint density at radius 3 is 2.10 bits per heavy atom. The summed E-state index contributed by atoms with van der Waals surface area (Å²) in [5.74, 6) is 2.00. The van der Waals surface area contributed by atoms with Crippen molar-refractivity contribution in [3.63, 3.8) is 0 Å². The number of allylic oxidation sites excluding steroid dienone is 2. The van der Waals surface area contributed by atoms with Crippen molar-refractivity contribution in [3.05, 3.63) is 65.7 Å².